The topological polar surface area (TPSA) is 55.1 Å². The van der Waals surface area contributed by atoms with Gasteiger partial charge in [0.05, 0.1) is 6.04 Å². The highest BCUT2D eigenvalue weighted by Crippen LogP contribution is 2.17. The summed E-state index contributed by atoms with van der Waals surface area (Å²) in [5.41, 5.74) is 5.81. The van der Waals surface area contributed by atoms with E-state index in [1.807, 2.05) is 0 Å². The van der Waals surface area contributed by atoms with E-state index < -0.39 is 0 Å². The second kappa shape index (κ2) is 6.83. The first-order valence-corrected chi connectivity index (χ1v) is 6.30. The molecule has 1 aliphatic carbocycles. The SMILES string of the molecule is CCCCC(N)C(=O)NC1CCCCC1. The average Bonchev–Trinajstić information content (AvgIpc) is 2.27. The Bertz CT molecular complexity index is 188. The summed E-state index contributed by atoms with van der Waals surface area (Å²) in [6.07, 6.45) is 9.02. The molecule has 0 aromatic rings. The first-order valence-electron chi connectivity index (χ1n) is 6.30. The van der Waals surface area contributed by atoms with E-state index in [1.54, 1.807) is 0 Å². The van der Waals surface area contributed by atoms with Gasteiger partial charge in [-0.2, -0.15) is 0 Å². The smallest absolute Gasteiger partial charge is 0.237 e. The summed E-state index contributed by atoms with van der Waals surface area (Å²) in [4.78, 5) is 11.7. The van der Waals surface area contributed by atoms with Crippen molar-refractivity contribution < 1.29 is 4.79 Å². The molecule has 0 saturated heterocycles. The molecular weight excluding hydrogens is 188 g/mol. The normalized spacial score (nSPS) is 19.9. The Morgan fingerprint density at radius 2 is 2.07 bits per heavy atom. The van der Waals surface area contributed by atoms with Crippen molar-refractivity contribution in [2.45, 2.75) is 70.4 Å². The molecule has 1 aliphatic rings. The van der Waals surface area contributed by atoms with Crippen LogP contribution in [0.15, 0.2) is 0 Å². The van der Waals surface area contributed by atoms with Gasteiger partial charge in [0.25, 0.3) is 0 Å². The summed E-state index contributed by atoms with van der Waals surface area (Å²) in [5, 5.41) is 3.06. The lowest BCUT2D eigenvalue weighted by Gasteiger charge is -2.24. The van der Waals surface area contributed by atoms with Gasteiger partial charge >= 0.3 is 0 Å². The molecule has 0 radical (unpaired) electrons. The molecule has 0 spiro atoms. The second-order valence-corrected chi connectivity index (χ2v) is 4.59. The van der Waals surface area contributed by atoms with Crippen LogP contribution in [0, 0.1) is 0 Å². The van der Waals surface area contributed by atoms with Crippen molar-refractivity contribution in [3.05, 3.63) is 0 Å². The second-order valence-electron chi connectivity index (χ2n) is 4.59. The number of carbonyl (C=O) groups excluding carboxylic acids is 1. The number of carbonyl (C=O) groups is 1. The predicted molar refractivity (Wildman–Crippen MR) is 62.5 cm³/mol. The Balaban J connectivity index is 2.20. The zero-order valence-electron chi connectivity index (χ0n) is 9.80. The molecular formula is C12H24N2O. The van der Waals surface area contributed by atoms with Gasteiger partial charge in [-0.1, -0.05) is 39.0 Å². The van der Waals surface area contributed by atoms with Crippen LogP contribution in [0.5, 0.6) is 0 Å². The number of unbranched alkanes of at least 4 members (excludes halogenated alkanes) is 1. The van der Waals surface area contributed by atoms with Crippen molar-refractivity contribution in [2.75, 3.05) is 0 Å². The van der Waals surface area contributed by atoms with Crippen LogP contribution >= 0.6 is 0 Å². The highest BCUT2D eigenvalue weighted by Gasteiger charge is 2.19. The average molecular weight is 212 g/mol. The van der Waals surface area contributed by atoms with E-state index >= 15 is 0 Å². The van der Waals surface area contributed by atoms with Crippen molar-refractivity contribution in [3.63, 3.8) is 0 Å². The Morgan fingerprint density at radius 1 is 1.40 bits per heavy atom. The van der Waals surface area contributed by atoms with Gasteiger partial charge in [-0.15, -0.1) is 0 Å². The fraction of sp³-hybridized carbons (Fsp3) is 0.917. The third-order valence-corrected chi connectivity index (χ3v) is 3.16. The molecule has 15 heavy (non-hydrogen) atoms. The number of nitrogens with one attached hydrogen (secondary N) is 1. The van der Waals surface area contributed by atoms with E-state index in [0.29, 0.717) is 6.04 Å². The van der Waals surface area contributed by atoms with Crippen LogP contribution in [0.3, 0.4) is 0 Å². The van der Waals surface area contributed by atoms with Gasteiger partial charge in [-0.25, -0.2) is 0 Å². The minimum absolute atomic E-state index is 0.0513. The number of hydrogen-bond donors (Lipinski definition) is 2. The lowest BCUT2D eigenvalue weighted by atomic mass is 9.95. The maximum absolute atomic E-state index is 11.7. The minimum Gasteiger partial charge on any atom is -0.352 e. The summed E-state index contributed by atoms with van der Waals surface area (Å²) in [6, 6.07) is 0.0887. The fourth-order valence-electron chi connectivity index (χ4n) is 2.11. The quantitative estimate of drug-likeness (QED) is 0.732. The van der Waals surface area contributed by atoms with Crippen molar-refractivity contribution in [1.82, 2.24) is 5.32 Å². The lowest BCUT2D eigenvalue weighted by molar-refractivity contribution is -0.123. The molecule has 0 aromatic heterocycles. The Labute approximate surface area is 92.8 Å². The van der Waals surface area contributed by atoms with E-state index in [0.717, 1.165) is 32.1 Å². The van der Waals surface area contributed by atoms with E-state index in [9.17, 15) is 4.79 Å². The lowest BCUT2D eigenvalue weighted by Crippen LogP contribution is -2.45. The van der Waals surface area contributed by atoms with Crippen LogP contribution in [0.2, 0.25) is 0 Å². The molecule has 3 nitrogen and oxygen atoms in total. The van der Waals surface area contributed by atoms with Gasteiger partial charge in [0, 0.05) is 6.04 Å². The van der Waals surface area contributed by atoms with Crippen molar-refractivity contribution in [2.24, 2.45) is 5.73 Å². The fourth-order valence-corrected chi connectivity index (χ4v) is 2.11. The van der Waals surface area contributed by atoms with Crippen LogP contribution < -0.4 is 11.1 Å². The summed E-state index contributed by atoms with van der Waals surface area (Å²) in [5.74, 6) is 0.0513. The van der Waals surface area contributed by atoms with E-state index in [4.69, 9.17) is 5.73 Å². The van der Waals surface area contributed by atoms with E-state index in [-0.39, 0.29) is 11.9 Å². The number of amides is 1. The van der Waals surface area contributed by atoms with Gasteiger partial charge in [-0.05, 0) is 19.3 Å². The van der Waals surface area contributed by atoms with E-state index in [2.05, 4.69) is 12.2 Å². The molecule has 0 aliphatic heterocycles. The molecule has 1 rings (SSSR count). The summed E-state index contributed by atoms with van der Waals surface area (Å²) in [6.45, 7) is 2.12. The predicted octanol–water partition coefficient (Wildman–Crippen LogP) is 1.95. The third kappa shape index (κ3) is 4.65. The molecule has 88 valence electrons. The standard InChI is InChI=1S/C12H24N2O/c1-2-3-9-11(13)12(15)14-10-7-5-4-6-8-10/h10-11H,2-9,13H2,1H3,(H,14,15). The van der Waals surface area contributed by atoms with Gasteiger partial charge < -0.3 is 11.1 Å². The highest BCUT2D eigenvalue weighted by atomic mass is 16.2. The van der Waals surface area contributed by atoms with Gasteiger partial charge in [-0.3, -0.25) is 4.79 Å². The van der Waals surface area contributed by atoms with Gasteiger partial charge in [0.2, 0.25) is 5.91 Å². The van der Waals surface area contributed by atoms with Crippen molar-refractivity contribution in [1.29, 1.82) is 0 Å². The molecule has 1 amide bonds. The maximum atomic E-state index is 11.7. The summed E-state index contributed by atoms with van der Waals surface area (Å²) < 4.78 is 0. The van der Waals surface area contributed by atoms with Gasteiger partial charge in [0.15, 0.2) is 0 Å². The monoisotopic (exact) mass is 212 g/mol. The van der Waals surface area contributed by atoms with Crippen LogP contribution in [-0.2, 0) is 4.79 Å². The number of rotatable bonds is 5. The Morgan fingerprint density at radius 3 is 2.67 bits per heavy atom. The molecule has 3 heteroatoms. The van der Waals surface area contributed by atoms with Crippen LogP contribution in [0.25, 0.3) is 0 Å². The Kier molecular flexibility index (Phi) is 5.69. The zero-order valence-corrected chi connectivity index (χ0v) is 9.80. The largest absolute Gasteiger partial charge is 0.352 e. The number of nitrogens with two attached hydrogens (primary N) is 1. The zero-order chi connectivity index (χ0) is 11.1. The molecule has 3 N–H and O–H groups in total. The summed E-state index contributed by atoms with van der Waals surface area (Å²) in [7, 11) is 0. The molecule has 0 aromatic carbocycles. The molecule has 1 atom stereocenters. The van der Waals surface area contributed by atoms with Crippen LogP contribution in [0.1, 0.15) is 58.3 Å². The first kappa shape index (κ1) is 12.5. The minimum atomic E-state index is -0.299. The van der Waals surface area contributed by atoms with Crippen molar-refractivity contribution in [3.8, 4) is 0 Å². The highest BCUT2D eigenvalue weighted by molar-refractivity contribution is 5.81. The number of hydrogen-bond acceptors (Lipinski definition) is 2. The van der Waals surface area contributed by atoms with Crippen LogP contribution in [-0.4, -0.2) is 18.0 Å². The molecule has 1 saturated carbocycles. The molecule has 1 fully saturated rings. The molecule has 1 unspecified atom stereocenters. The summed E-state index contributed by atoms with van der Waals surface area (Å²) >= 11 is 0. The maximum Gasteiger partial charge on any atom is 0.237 e. The van der Waals surface area contributed by atoms with Crippen molar-refractivity contribution >= 4 is 5.91 Å². The third-order valence-electron chi connectivity index (χ3n) is 3.16. The Hall–Kier alpha value is -0.570. The molecule has 0 bridgehead atoms. The van der Waals surface area contributed by atoms with Gasteiger partial charge in [0.1, 0.15) is 0 Å². The first-order chi connectivity index (χ1) is 7.24. The van der Waals surface area contributed by atoms with Crippen LogP contribution in [0.4, 0.5) is 0 Å². The van der Waals surface area contributed by atoms with E-state index in [1.165, 1.54) is 19.3 Å². The molecule has 0 heterocycles.